The van der Waals surface area contributed by atoms with Crippen LogP contribution in [0.2, 0.25) is 0 Å². The molecular weight excluding hydrogens is 194 g/mol. The fourth-order valence-electron chi connectivity index (χ4n) is 1.29. The molecule has 0 aromatic heterocycles. The molecule has 1 amide bonds. The Morgan fingerprint density at radius 3 is 2.53 bits per heavy atom. The summed E-state index contributed by atoms with van der Waals surface area (Å²) < 4.78 is 0. The molecule has 1 rings (SSSR count). The summed E-state index contributed by atoms with van der Waals surface area (Å²) in [6.45, 7) is 1.78. The van der Waals surface area contributed by atoms with Gasteiger partial charge in [0.1, 0.15) is 6.29 Å². The third kappa shape index (κ3) is 2.80. The number of carbonyl (C=O) groups is 2. The van der Waals surface area contributed by atoms with Gasteiger partial charge in [0.25, 0.3) is 0 Å². The second-order valence-electron chi connectivity index (χ2n) is 3.56. The molecule has 1 aromatic carbocycles. The zero-order valence-corrected chi connectivity index (χ0v) is 8.43. The van der Waals surface area contributed by atoms with Crippen LogP contribution in [0.3, 0.4) is 0 Å². The highest BCUT2D eigenvalue weighted by Gasteiger charge is 2.26. The van der Waals surface area contributed by atoms with Gasteiger partial charge in [-0.3, -0.25) is 0 Å². The van der Waals surface area contributed by atoms with Crippen LogP contribution < -0.4 is 5.32 Å². The maximum absolute atomic E-state index is 11.0. The van der Waals surface area contributed by atoms with E-state index in [1.807, 2.05) is 18.2 Å². The van der Waals surface area contributed by atoms with E-state index in [9.17, 15) is 9.59 Å². The predicted molar refractivity (Wildman–Crippen MR) is 55.9 cm³/mol. The molecule has 0 saturated heterocycles. The van der Waals surface area contributed by atoms with E-state index in [-0.39, 0.29) is 6.54 Å². The summed E-state index contributed by atoms with van der Waals surface area (Å²) in [6, 6.07) is 9.09. The number of hydrogen-bond donors (Lipinski definition) is 2. The molecule has 0 radical (unpaired) electrons. The normalized spacial score (nSPS) is 13.9. The molecule has 15 heavy (non-hydrogen) atoms. The van der Waals surface area contributed by atoms with Crippen molar-refractivity contribution in [1.29, 1.82) is 0 Å². The van der Waals surface area contributed by atoms with Crippen LogP contribution in [0.1, 0.15) is 12.5 Å². The first kappa shape index (κ1) is 11.2. The predicted octanol–water partition coefficient (Wildman–Crippen LogP) is 1.41. The van der Waals surface area contributed by atoms with Gasteiger partial charge < -0.3 is 15.2 Å². The van der Waals surface area contributed by atoms with Crippen molar-refractivity contribution < 1.29 is 14.7 Å². The molecule has 1 aromatic rings. The number of carboxylic acid groups (broad SMARTS) is 1. The molecule has 0 aliphatic heterocycles. The molecule has 4 nitrogen and oxygen atoms in total. The summed E-state index contributed by atoms with van der Waals surface area (Å²) in [4.78, 5) is 21.4. The summed E-state index contributed by atoms with van der Waals surface area (Å²) in [5.41, 5.74) is -0.00613. The highest BCUT2D eigenvalue weighted by molar-refractivity contribution is 5.71. The van der Waals surface area contributed by atoms with Gasteiger partial charge in [0.2, 0.25) is 0 Å². The van der Waals surface area contributed by atoms with Crippen LogP contribution in [-0.2, 0) is 10.2 Å². The topological polar surface area (TPSA) is 66.4 Å². The molecule has 0 bridgehead atoms. The number of aldehydes is 1. The van der Waals surface area contributed by atoms with Crippen molar-refractivity contribution in [3.05, 3.63) is 35.9 Å². The lowest BCUT2D eigenvalue weighted by atomic mass is 9.84. The summed E-state index contributed by atoms with van der Waals surface area (Å²) in [5.74, 6) is 0. The van der Waals surface area contributed by atoms with Gasteiger partial charge in [0, 0.05) is 6.54 Å². The number of carbonyl (C=O) groups excluding carboxylic acids is 1. The van der Waals surface area contributed by atoms with Gasteiger partial charge in [-0.15, -0.1) is 0 Å². The number of rotatable bonds is 4. The molecule has 80 valence electrons. The Bertz CT molecular complexity index is 350. The molecule has 2 N–H and O–H groups in total. The van der Waals surface area contributed by atoms with Crippen molar-refractivity contribution in [3.63, 3.8) is 0 Å². The molecule has 0 saturated carbocycles. The van der Waals surface area contributed by atoms with Gasteiger partial charge in [-0.05, 0) is 12.5 Å². The molecule has 1 atom stereocenters. The van der Waals surface area contributed by atoms with Crippen LogP contribution in [0, 0.1) is 0 Å². The maximum atomic E-state index is 11.0. The lowest BCUT2D eigenvalue weighted by Gasteiger charge is -2.23. The van der Waals surface area contributed by atoms with E-state index in [0.29, 0.717) is 0 Å². The third-order valence-corrected chi connectivity index (χ3v) is 2.30. The second-order valence-corrected chi connectivity index (χ2v) is 3.56. The van der Waals surface area contributed by atoms with Gasteiger partial charge in [-0.1, -0.05) is 30.3 Å². The Balaban J connectivity index is 2.85. The van der Waals surface area contributed by atoms with E-state index in [4.69, 9.17) is 5.11 Å². The van der Waals surface area contributed by atoms with Crippen molar-refractivity contribution in [3.8, 4) is 0 Å². The van der Waals surface area contributed by atoms with E-state index in [2.05, 4.69) is 5.32 Å². The molecule has 0 aliphatic rings. The van der Waals surface area contributed by atoms with Crippen LogP contribution in [0.15, 0.2) is 30.3 Å². The first-order chi connectivity index (χ1) is 7.08. The molecule has 0 aliphatic carbocycles. The molecule has 0 spiro atoms. The van der Waals surface area contributed by atoms with Gasteiger partial charge in [-0.2, -0.15) is 0 Å². The van der Waals surface area contributed by atoms with Crippen LogP contribution in [-0.4, -0.2) is 24.0 Å². The van der Waals surface area contributed by atoms with E-state index in [0.717, 1.165) is 11.8 Å². The van der Waals surface area contributed by atoms with Gasteiger partial charge >= 0.3 is 6.09 Å². The van der Waals surface area contributed by atoms with Gasteiger partial charge in [0.05, 0.1) is 5.41 Å². The zero-order valence-electron chi connectivity index (χ0n) is 8.43. The van der Waals surface area contributed by atoms with E-state index in [1.54, 1.807) is 19.1 Å². The molecule has 1 unspecified atom stereocenters. The van der Waals surface area contributed by atoms with Gasteiger partial charge in [-0.25, -0.2) is 4.79 Å². The number of nitrogens with one attached hydrogen (secondary N) is 1. The fraction of sp³-hybridized carbons (Fsp3) is 0.273. The Hall–Kier alpha value is -1.84. The largest absolute Gasteiger partial charge is 0.465 e. The highest BCUT2D eigenvalue weighted by atomic mass is 16.4. The molecule has 0 heterocycles. The van der Waals surface area contributed by atoms with Crippen LogP contribution in [0.25, 0.3) is 0 Å². The highest BCUT2D eigenvalue weighted by Crippen LogP contribution is 2.19. The lowest BCUT2D eigenvalue weighted by Crippen LogP contribution is -2.39. The third-order valence-electron chi connectivity index (χ3n) is 2.30. The Morgan fingerprint density at radius 2 is 2.07 bits per heavy atom. The van der Waals surface area contributed by atoms with Crippen LogP contribution in [0.4, 0.5) is 4.79 Å². The van der Waals surface area contributed by atoms with Crippen molar-refractivity contribution in [2.24, 2.45) is 0 Å². The average molecular weight is 207 g/mol. The quantitative estimate of drug-likeness (QED) is 0.733. The molecular formula is C11H13NO3. The van der Waals surface area contributed by atoms with Crippen molar-refractivity contribution in [2.45, 2.75) is 12.3 Å². The Morgan fingerprint density at radius 1 is 1.47 bits per heavy atom. The molecule has 0 fully saturated rings. The van der Waals surface area contributed by atoms with E-state index in [1.165, 1.54) is 0 Å². The molecule has 4 heteroatoms. The number of hydrogen-bond acceptors (Lipinski definition) is 2. The monoisotopic (exact) mass is 207 g/mol. The summed E-state index contributed by atoms with van der Waals surface area (Å²) in [6.07, 6.45) is -0.364. The lowest BCUT2D eigenvalue weighted by molar-refractivity contribution is -0.111. The Labute approximate surface area is 87.9 Å². The first-order valence-electron chi connectivity index (χ1n) is 4.57. The standard InChI is InChI=1S/C11H13NO3/c1-11(8-13,7-12-10(14)15)9-5-3-2-4-6-9/h2-6,8,12H,7H2,1H3,(H,14,15). The van der Waals surface area contributed by atoms with Crippen molar-refractivity contribution in [2.75, 3.05) is 6.54 Å². The zero-order chi connectivity index (χ0) is 11.3. The smallest absolute Gasteiger partial charge is 0.404 e. The fourth-order valence-corrected chi connectivity index (χ4v) is 1.29. The van der Waals surface area contributed by atoms with E-state index >= 15 is 0 Å². The second kappa shape index (κ2) is 4.59. The minimum Gasteiger partial charge on any atom is -0.465 e. The van der Waals surface area contributed by atoms with Gasteiger partial charge in [0.15, 0.2) is 0 Å². The van der Waals surface area contributed by atoms with E-state index < -0.39 is 11.5 Å². The minimum absolute atomic E-state index is 0.0792. The summed E-state index contributed by atoms with van der Waals surface area (Å²) in [5, 5.41) is 10.7. The van der Waals surface area contributed by atoms with Crippen molar-refractivity contribution >= 4 is 12.4 Å². The first-order valence-corrected chi connectivity index (χ1v) is 4.57. The van der Waals surface area contributed by atoms with Crippen LogP contribution in [0.5, 0.6) is 0 Å². The SMILES string of the molecule is CC(C=O)(CNC(=O)O)c1ccccc1. The maximum Gasteiger partial charge on any atom is 0.404 e. The van der Waals surface area contributed by atoms with Crippen molar-refractivity contribution in [1.82, 2.24) is 5.32 Å². The number of benzene rings is 1. The Kier molecular flexibility index (Phi) is 3.44. The minimum atomic E-state index is -1.13. The summed E-state index contributed by atoms with van der Waals surface area (Å²) in [7, 11) is 0. The average Bonchev–Trinajstić information content (AvgIpc) is 2.27. The van der Waals surface area contributed by atoms with Crippen LogP contribution >= 0.6 is 0 Å². The number of amides is 1. The summed E-state index contributed by atoms with van der Waals surface area (Å²) >= 11 is 0.